The summed E-state index contributed by atoms with van der Waals surface area (Å²) in [5.41, 5.74) is 8.26. The van der Waals surface area contributed by atoms with Crippen LogP contribution in [0.2, 0.25) is 0 Å². The molecule has 1 aliphatic heterocycles. The van der Waals surface area contributed by atoms with Crippen LogP contribution >= 0.6 is 0 Å². The predicted octanol–water partition coefficient (Wildman–Crippen LogP) is 5.90. The van der Waals surface area contributed by atoms with Crippen LogP contribution in [0, 0.1) is 0 Å². The van der Waals surface area contributed by atoms with Crippen molar-refractivity contribution in [3.63, 3.8) is 0 Å². The average molecular weight is 491 g/mol. The number of H-pyrrole nitrogens is 2. The first-order valence-corrected chi connectivity index (χ1v) is 12.6. The fraction of sp³-hybridized carbons (Fsp3) is 0.207. The van der Waals surface area contributed by atoms with E-state index in [0.717, 1.165) is 68.0 Å². The number of hydrogen-bond acceptors (Lipinski definition) is 6. The quantitative estimate of drug-likeness (QED) is 0.289. The lowest BCUT2D eigenvalue weighted by molar-refractivity contribution is 0.237. The van der Waals surface area contributed by atoms with Gasteiger partial charge in [-0.25, -0.2) is 4.98 Å². The Kier molecular flexibility index (Phi) is 5.44. The Labute approximate surface area is 213 Å². The predicted molar refractivity (Wildman–Crippen MR) is 143 cm³/mol. The van der Waals surface area contributed by atoms with Gasteiger partial charge in [-0.2, -0.15) is 5.10 Å². The lowest BCUT2D eigenvalue weighted by Crippen LogP contribution is -2.25. The van der Waals surface area contributed by atoms with Crippen molar-refractivity contribution in [3.05, 3.63) is 73.5 Å². The van der Waals surface area contributed by atoms with Crippen LogP contribution in [0.25, 0.3) is 55.7 Å². The van der Waals surface area contributed by atoms with E-state index >= 15 is 0 Å². The first kappa shape index (κ1) is 21.8. The monoisotopic (exact) mass is 490 g/mol. The number of furan rings is 1. The fourth-order valence-corrected chi connectivity index (χ4v) is 5.14. The lowest BCUT2D eigenvalue weighted by Gasteiger charge is -2.15. The molecule has 0 aliphatic carbocycles. The van der Waals surface area contributed by atoms with Gasteiger partial charge in [0.2, 0.25) is 0 Å². The molecule has 8 heteroatoms. The number of pyridine rings is 2. The zero-order valence-electron chi connectivity index (χ0n) is 20.3. The number of fused-ring (bicyclic) bond motifs is 2. The van der Waals surface area contributed by atoms with E-state index in [1.165, 1.54) is 25.9 Å². The van der Waals surface area contributed by atoms with Crippen LogP contribution in [0.15, 0.2) is 77.9 Å². The molecule has 5 aromatic heterocycles. The summed E-state index contributed by atoms with van der Waals surface area (Å²) in [7, 11) is 0. The number of nitrogens with zero attached hydrogens (tertiary/aromatic N) is 4. The molecule has 37 heavy (non-hydrogen) atoms. The van der Waals surface area contributed by atoms with Gasteiger partial charge in [-0.15, -0.1) is 0 Å². The van der Waals surface area contributed by atoms with E-state index in [0.29, 0.717) is 6.61 Å². The van der Waals surface area contributed by atoms with Crippen molar-refractivity contribution < 1.29 is 9.15 Å². The van der Waals surface area contributed by atoms with Gasteiger partial charge in [-0.05, 0) is 67.9 Å². The van der Waals surface area contributed by atoms with Crippen LogP contribution in [0.1, 0.15) is 12.8 Å². The van der Waals surface area contributed by atoms with Crippen LogP contribution in [0.4, 0.5) is 0 Å². The molecule has 0 bridgehead atoms. The molecule has 6 aromatic rings. The molecule has 0 unspecified atom stereocenters. The minimum atomic E-state index is 0.657. The Morgan fingerprint density at radius 2 is 1.92 bits per heavy atom. The molecule has 7 rings (SSSR count). The molecule has 1 aromatic carbocycles. The molecular weight excluding hydrogens is 464 g/mol. The van der Waals surface area contributed by atoms with Crippen LogP contribution in [0.3, 0.4) is 0 Å². The minimum Gasteiger partial charge on any atom is -0.491 e. The molecule has 1 saturated heterocycles. The molecule has 0 radical (unpaired) electrons. The standard InChI is InChI=1S/C29H26N6O2/c1-2-10-35(9-1)11-13-37-21-14-20(16-30-17-21)24-6-7-26-28(32-24)29(34-33-26)27-15-23-22(19-8-12-36-18-19)4-3-5-25(23)31-27/h3-8,12,14-18,31H,1-2,9-11,13H2,(H,33,34). The maximum absolute atomic E-state index is 6.01. The second-order valence-corrected chi connectivity index (χ2v) is 9.43. The molecule has 0 amide bonds. The summed E-state index contributed by atoms with van der Waals surface area (Å²) in [5, 5.41) is 8.83. The third-order valence-electron chi connectivity index (χ3n) is 7.04. The minimum absolute atomic E-state index is 0.657. The number of aromatic amines is 2. The summed E-state index contributed by atoms with van der Waals surface area (Å²) < 4.78 is 11.3. The number of rotatable bonds is 7. The van der Waals surface area contributed by atoms with E-state index in [4.69, 9.17) is 14.1 Å². The van der Waals surface area contributed by atoms with Gasteiger partial charge < -0.3 is 14.1 Å². The number of benzene rings is 1. The van der Waals surface area contributed by atoms with Gasteiger partial charge in [0, 0.05) is 34.8 Å². The van der Waals surface area contributed by atoms with E-state index in [-0.39, 0.29) is 0 Å². The second-order valence-electron chi connectivity index (χ2n) is 9.43. The zero-order chi connectivity index (χ0) is 24.6. The molecule has 0 saturated carbocycles. The molecule has 184 valence electrons. The summed E-state index contributed by atoms with van der Waals surface area (Å²) in [5.74, 6) is 0.758. The van der Waals surface area contributed by atoms with Gasteiger partial charge in [0.1, 0.15) is 23.6 Å². The Hall–Kier alpha value is -4.43. The van der Waals surface area contributed by atoms with E-state index < -0.39 is 0 Å². The van der Waals surface area contributed by atoms with Crippen molar-refractivity contribution in [3.8, 4) is 39.5 Å². The summed E-state index contributed by atoms with van der Waals surface area (Å²) in [6, 6.07) is 16.3. The van der Waals surface area contributed by atoms with Gasteiger partial charge in [-0.1, -0.05) is 12.1 Å². The average Bonchev–Trinajstić information content (AvgIpc) is 3.74. The highest BCUT2D eigenvalue weighted by molar-refractivity contribution is 6.00. The van der Waals surface area contributed by atoms with E-state index in [9.17, 15) is 0 Å². The van der Waals surface area contributed by atoms with Crippen LogP contribution < -0.4 is 4.74 Å². The van der Waals surface area contributed by atoms with Crippen LogP contribution in [0.5, 0.6) is 5.75 Å². The smallest absolute Gasteiger partial charge is 0.138 e. The van der Waals surface area contributed by atoms with Crippen molar-refractivity contribution in [2.45, 2.75) is 12.8 Å². The maximum Gasteiger partial charge on any atom is 0.138 e. The third-order valence-corrected chi connectivity index (χ3v) is 7.04. The molecule has 8 nitrogen and oxygen atoms in total. The van der Waals surface area contributed by atoms with Gasteiger partial charge in [0.05, 0.1) is 35.6 Å². The number of nitrogens with one attached hydrogen (secondary N) is 2. The van der Waals surface area contributed by atoms with Crippen LogP contribution in [-0.4, -0.2) is 56.3 Å². The summed E-state index contributed by atoms with van der Waals surface area (Å²) in [6.07, 6.45) is 9.60. The van der Waals surface area contributed by atoms with Crippen molar-refractivity contribution in [1.82, 2.24) is 30.0 Å². The largest absolute Gasteiger partial charge is 0.491 e. The van der Waals surface area contributed by atoms with Gasteiger partial charge >= 0.3 is 0 Å². The number of likely N-dealkylation sites (tertiary alicyclic amines) is 1. The van der Waals surface area contributed by atoms with Crippen molar-refractivity contribution in [2.75, 3.05) is 26.2 Å². The van der Waals surface area contributed by atoms with E-state index in [1.807, 2.05) is 36.5 Å². The van der Waals surface area contributed by atoms with E-state index in [1.54, 1.807) is 18.7 Å². The highest BCUT2D eigenvalue weighted by Crippen LogP contribution is 2.34. The highest BCUT2D eigenvalue weighted by atomic mass is 16.5. The van der Waals surface area contributed by atoms with Crippen molar-refractivity contribution in [2.24, 2.45) is 0 Å². The normalized spacial score (nSPS) is 14.2. The number of aromatic nitrogens is 5. The van der Waals surface area contributed by atoms with Crippen LogP contribution in [-0.2, 0) is 0 Å². The summed E-state index contributed by atoms with van der Waals surface area (Å²) in [4.78, 5) is 15.3. The van der Waals surface area contributed by atoms with Gasteiger partial charge in [0.15, 0.2) is 0 Å². The second kappa shape index (κ2) is 9.22. The Balaban J connectivity index is 1.20. The molecule has 0 atom stereocenters. The van der Waals surface area contributed by atoms with Gasteiger partial charge in [-0.3, -0.25) is 15.0 Å². The summed E-state index contributed by atoms with van der Waals surface area (Å²) in [6.45, 7) is 3.93. The number of ether oxygens (including phenoxy) is 1. The molecule has 1 aliphatic rings. The molecule has 1 fully saturated rings. The molecule has 2 N–H and O–H groups in total. The Morgan fingerprint density at radius 1 is 0.973 bits per heavy atom. The first-order chi connectivity index (χ1) is 18.3. The maximum atomic E-state index is 6.01. The topological polar surface area (TPSA) is 95.9 Å². The Morgan fingerprint density at radius 3 is 2.81 bits per heavy atom. The SMILES string of the molecule is c1cc(-c2ccoc2)c2cc(-c3n[nH]c4ccc(-c5cncc(OCCN6CCCC6)c5)nc34)[nH]c2c1. The highest BCUT2D eigenvalue weighted by Gasteiger charge is 2.16. The molecular formula is C29H26N6O2. The summed E-state index contributed by atoms with van der Waals surface area (Å²) >= 11 is 0. The molecule has 6 heterocycles. The zero-order valence-corrected chi connectivity index (χ0v) is 20.3. The fourth-order valence-electron chi connectivity index (χ4n) is 5.14. The molecule has 0 spiro atoms. The number of hydrogen-bond donors (Lipinski definition) is 2. The van der Waals surface area contributed by atoms with Crippen molar-refractivity contribution >= 4 is 21.9 Å². The first-order valence-electron chi connectivity index (χ1n) is 12.6. The van der Waals surface area contributed by atoms with E-state index in [2.05, 4.69) is 43.3 Å². The third kappa shape index (κ3) is 4.15. The van der Waals surface area contributed by atoms with Gasteiger partial charge in [0.25, 0.3) is 0 Å². The lowest BCUT2D eigenvalue weighted by atomic mass is 10.0. The Bertz CT molecular complexity index is 1680. The van der Waals surface area contributed by atoms with Crippen molar-refractivity contribution in [1.29, 1.82) is 0 Å².